The van der Waals surface area contributed by atoms with Gasteiger partial charge in [-0.25, -0.2) is 14.8 Å². The van der Waals surface area contributed by atoms with Crippen LogP contribution in [0.15, 0.2) is 28.9 Å². The Hall–Kier alpha value is -2.57. The highest BCUT2D eigenvalue weighted by molar-refractivity contribution is 5.73. The van der Waals surface area contributed by atoms with Crippen LogP contribution in [-0.2, 0) is 19.5 Å². The van der Waals surface area contributed by atoms with E-state index in [0.717, 1.165) is 24.2 Å². The normalized spacial score (nSPS) is 10.3. The summed E-state index contributed by atoms with van der Waals surface area (Å²) < 4.78 is 10.8. The third-order valence-corrected chi connectivity index (χ3v) is 3.05. The quantitative estimate of drug-likeness (QED) is 0.780. The maximum atomic E-state index is 11.7. The average Bonchev–Trinajstić information content (AvgIpc) is 3.05. The molecule has 0 unspecified atom stereocenters. The van der Waals surface area contributed by atoms with Crippen LogP contribution in [0.25, 0.3) is 0 Å². The number of carbonyl (C=O) groups is 1. The minimum atomic E-state index is -0.285. The summed E-state index contributed by atoms with van der Waals surface area (Å²) in [5.41, 5.74) is 0.897. The summed E-state index contributed by atoms with van der Waals surface area (Å²) in [7, 11) is 0. The molecule has 124 valence electrons. The van der Waals surface area contributed by atoms with Gasteiger partial charge in [-0.15, -0.1) is 0 Å². The Bertz CT molecular complexity index is 610. The van der Waals surface area contributed by atoms with Crippen molar-refractivity contribution in [2.45, 2.75) is 39.8 Å². The highest BCUT2D eigenvalue weighted by Crippen LogP contribution is 2.07. The van der Waals surface area contributed by atoms with Crippen molar-refractivity contribution in [1.29, 1.82) is 0 Å². The van der Waals surface area contributed by atoms with Crippen molar-refractivity contribution in [3.63, 3.8) is 0 Å². The Morgan fingerprint density at radius 3 is 2.65 bits per heavy atom. The van der Waals surface area contributed by atoms with E-state index in [0.29, 0.717) is 24.9 Å². The average molecular weight is 318 g/mol. The van der Waals surface area contributed by atoms with E-state index >= 15 is 0 Å². The number of aromatic nitrogens is 2. The van der Waals surface area contributed by atoms with Crippen LogP contribution in [0, 0.1) is 0 Å². The number of oxazole rings is 1. The molecule has 7 heteroatoms. The van der Waals surface area contributed by atoms with Gasteiger partial charge in [0.15, 0.2) is 0 Å². The lowest BCUT2D eigenvalue weighted by molar-refractivity contribution is 0.238. The molecule has 0 spiro atoms. The molecular formula is C16H22N4O3. The summed E-state index contributed by atoms with van der Waals surface area (Å²) in [6.07, 6.45) is 5.08. The smallest absolute Gasteiger partial charge is 0.315 e. The van der Waals surface area contributed by atoms with Gasteiger partial charge in [0, 0.05) is 25.2 Å². The van der Waals surface area contributed by atoms with Crippen molar-refractivity contribution in [3.8, 4) is 5.88 Å². The van der Waals surface area contributed by atoms with E-state index in [2.05, 4.69) is 20.6 Å². The van der Waals surface area contributed by atoms with Crippen LogP contribution in [0.5, 0.6) is 5.88 Å². The van der Waals surface area contributed by atoms with Crippen molar-refractivity contribution in [3.05, 3.63) is 41.7 Å². The van der Waals surface area contributed by atoms with Crippen LogP contribution in [-0.4, -0.2) is 22.6 Å². The third kappa shape index (κ3) is 5.61. The second-order valence-corrected chi connectivity index (χ2v) is 4.96. The molecule has 2 aromatic heterocycles. The molecule has 0 aliphatic heterocycles. The van der Waals surface area contributed by atoms with Crippen molar-refractivity contribution in [2.24, 2.45) is 0 Å². The lowest BCUT2D eigenvalue weighted by atomic mass is 10.3. The van der Waals surface area contributed by atoms with Gasteiger partial charge >= 0.3 is 6.03 Å². The Morgan fingerprint density at radius 2 is 2.00 bits per heavy atom. The van der Waals surface area contributed by atoms with Crippen molar-refractivity contribution >= 4 is 6.03 Å². The van der Waals surface area contributed by atoms with Gasteiger partial charge in [0.25, 0.3) is 0 Å². The van der Waals surface area contributed by atoms with E-state index in [4.69, 9.17) is 9.15 Å². The molecule has 2 N–H and O–H groups in total. The van der Waals surface area contributed by atoms with Crippen LogP contribution in [0.3, 0.4) is 0 Å². The number of aryl methyl sites for hydroxylation is 1. The molecule has 0 saturated heterocycles. The summed E-state index contributed by atoms with van der Waals surface area (Å²) in [6.45, 7) is 5.31. The highest BCUT2D eigenvalue weighted by Gasteiger charge is 2.05. The number of nitrogens with one attached hydrogen (secondary N) is 2. The first-order chi connectivity index (χ1) is 11.2. The highest BCUT2D eigenvalue weighted by atomic mass is 16.5. The van der Waals surface area contributed by atoms with Crippen LogP contribution in [0.4, 0.5) is 4.79 Å². The van der Waals surface area contributed by atoms with E-state index in [1.807, 2.05) is 19.9 Å². The molecule has 0 saturated carbocycles. The number of amides is 2. The van der Waals surface area contributed by atoms with E-state index in [1.54, 1.807) is 18.5 Å². The number of pyridine rings is 1. The second-order valence-electron chi connectivity index (χ2n) is 4.96. The number of nitrogens with zero attached hydrogens (tertiary/aromatic N) is 2. The van der Waals surface area contributed by atoms with Crippen molar-refractivity contribution < 1.29 is 13.9 Å². The molecule has 2 rings (SSSR count). The van der Waals surface area contributed by atoms with E-state index in [9.17, 15) is 4.79 Å². The summed E-state index contributed by atoms with van der Waals surface area (Å²) in [5, 5.41) is 5.45. The molecule has 2 heterocycles. The van der Waals surface area contributed by atoms with Crippen LogP contribution >= 0.6 is 0 Å². The van der Waals surface area contributed by atoms with E-state index in [-0.39, 0.29) is 12.6 Å². The molecule has 2 amide bonds. The van der Waals surface area contributed by atoms with Crippen LogP contribution < -0.4 is 15.4 Å². The Labute approximate surface area is 135 Å². The number of carbonyl (C=O) groups excluding carboxylic acids is 1. The molecule has 2 aromatic rings. The maximum absolute atomic E-state index is 11.7. The topological polar surface area (TPSA) is 89.3 Å². The van der Waals surface area contributed by atoms with Gasteiger partial charge in [0.1, 0.15) is 5.76 Å². The minimum absolute atomic E-state index is 0.258. The molecular weight excluding hydrogens is 296 g/mol. The molecule has 0 atom stereocenters. The van der Waals surface area contributed by atoms with Crippen molar-refractivity contribution in [1.82, 2.24) is 20.6 Å². The van der Waals surface area contributed by atoms with E-state index < -0.39 is 0 Å². The SMILES string of the molecule is CCCOc1ccc(CNC(=O)NCc2ncc(CC)o2)cn1. The Kier molecular flexibility index (Phi) is 6.40. The van der Waals surface area contributed by atoms with Gasteiger partial charge in [0.05, 0.1) is 19.3 Å². The van der Waals surface area contributed by atoms with Gasteiger partial charge in [-0.05, 0) is 12.0 Å². The van der Waals surface area contributed by atoms with E-state index in [1.165, 1.54) is 0 Å². The molecule has 0 bridgehead atoms. The van der Waals surface area contributed by atoms with Crippen LogP contribution in [0.2, 0.25) is 0 Å². The number of ether oxygens (including phenoxy) is 1. The molecule has 0 aliphatic rings. The van der Waals surface area contributed by atoms with Gasteiger partial charge in [0.2, 0.25) is 11.8 Å². The summed E-state index contributed by atoms with van der Waals surface area (Å²) in [6, 6.07) is 3.39. The zero-order valence-corrected chi connectivity index (χ0v) is 13.5. The van der Waals surface area contributed by atoms with Gasteiger partial charge in [-0.3, -0.25) is 0 Å². The second kappa shape index (κ2) is 8.77. The fraction of sp³-hybridized carbons (Fsp3) is 0.438. The first-order valence-electron chi connectivity index (χ1n) is 7.74. The summed E-state index contributed by atoms with van der Waals surface area (Å²) >= 11 is 0. The van der Waals surface area contributed by atoms with Gasteiger partial charge in [-0.2, -0.15) is 0 Å². The standard InChI is InChI=1S/C16H22N4O3/c1-3-7-22-14-6-5-12(8-17-14)9-19-16(21)20-11-15-18-10-13(4-2)23-15/h5-6,8,10H,3-4,7,9,11H2,1-2H3,(H2,19,20,21). The first-order valence-corrected chi connectivity index (χ1v) is 7.74. The predicted octanol–water partition coefficient (Wildman–Crippen LogP) is 2.42. The number of rotatable bonds is 8. The summed E-state index contributed by atoms with van der Waals surface area (Å²) in [4.78, 5) is 20.0. The van der Waals surface area contributed by atoms with Crippen molar-refractivity contribution in [2.75, 3.05) is 6.61 Å². The van der Waals surface area contributed by atoms with Crippen LogP contribution in [0.1, 0.15) is 37.5 Å². The number of urea groups is 1. The fourth-order valence-electron chi connectivity index (χ4n) is 1.80. The zero-order valence-electron chi connectivity index (χ0n) is 13.5. The Morgan fingerprint density at radius 1 is 1.17 bits per heavy atom. The van der Waals surface area contributed by atoms with Gasteiger partial charge < -0.3 is 19.8 Å². The molecule has 0 fully saturated rings. The molecule has 0 aliphatic carbocycles. The van der Waals surface area contributed by atoms with Gasteiger partial charge in [-0.1, -0.05) is 19.9 Å². The fourth-order valence-corrected chi connectivity index (χ4v) is 1.80. The summed E-state index contributed by atoms with van der Waals surface area (Å²) in [5.74, 6) is 1.89. The minimum Gasteiger partial charge on any atom is -0.478 e. The molecule has 0 radical (unpaired) electrons. The zero-order chi connectivity index (χ0) is 16.5. The monoisotopic (exact) mass is 318 g/mol. The predicted molar refractivity (Wildman–Crippen MR) is 85.0 cm³/mol. The Balaban J connectivity index is 1.71. The lowest BCUT2D eigenvalue weighted by Gasteiger charge is -2.07. The maximum Gasteiger partial charge on any atom is 0.315 e. The molecule has 7 nitrogen and oxygen atoms in total. The largest absolute Gasteiger partial charge is 0.478 e. The molecule has 0 aromatic carbocycles. The molecule has 23 heavy (non-hydrogen) atoms. The number of hydrogen-bond donors (Lipinski definition) is 2. The number of hydrogen-bond acceptors (Lipinski definition) is 5. The third-order valence-electron chi connectivity index (χ3n) is 3.05. The lowest BCUT2D eigenvalue weighted by Crippen LogP contribution is -2.34. The first kappa shape index (κ1) is 16.8.